The highest BCUT2D eigenvalue weighted by Crippen LogP contribution is 2.29. The van der Waals surface area contributed by atoms with Crippen LogP contribution in [0.2, 0.25) is 0 Å². The maximum atomic E-state index is 12.6. The third-order valence-corrected chi connectivity index (χ3v) is 7.68. The van der Waals surface area contributed by atoms with Crippen LogP contribution in [0.15, 0.2) is 24.4 Å². The summed E-state index contributed by atoms with van der Waals surface area (Å²) in [6.45, 7) is 4.16. The minimum Gasteiger partial charge on any atom is -0.494 e. The molecule has 2 aromatic rings. The highest BCUT2D eigenvalue weighted by molar-refractivity contribution is 7.89. The first kappa shape index (κ1) is 26.0. The van der Waals surface area contributed by atoms with E-state index in [2.05, 4.69) is 15.4 Å². The van der Waals surface area contributed by atoms with Gasteiger partial charge in [0, 0.05) is 35.6 Å². The van der Waals surface area contributed by atoms with Gasteiger partial charge in [-0.1, -0.05) is 19.4 Å². The van der Waals surface area contributed by atoms with Crippen LogP contribution in [-0.4, -0.2) is 66.5 Å². The number of carbonyl (C=O) groups is 2. The molecule has 10 nitrogen and oxygen atoms in total. The molecule has 1 saturated heterocycles. The highest BCUT2D eigenvalue weighted by atomic mass is 32.2. The molecule has 0 unspecified atom stereocenters. The normalized spacial score (nSPS) is 15.9. The van der Waals surface area contributed by atoms with Crippen LogP contribution in [0, 0.1) is 5.92 Å². The molecular formula is C23H34N4O6S. The van der Waals surface area contributed by atoms with Gasteiger partial charge in [0.2, 0.25) is 10.0 Å². The van der Waals surface area contributed by atoms with Crippen LogP contribution in [0.25, 0.3) is 10.8 Å². The van der Waals surface area contributed by atoms with Crippen LogP contribution in [-0.2, 0) is 21.4 Å². The second kappa shape index (κ2) is 11.7. The number of hydrogen-bond acceptors (Lipinski definition) is 6. The molecule has 0 aliphatic carbocycles. The van der Waals surface area contributed by atoms with E-state index in [1.165, 1.54) is 0 Å². The number of rotatable bonds is 12. The predicted octanol–water partition coefficient (Wildman–Crippen LogP) is 1.64. The number of nitrogens with one attached hydrogen (secondary N) is 3. The molecule has 0 bridgehead atoms. The maximum absolute atomic E-state index is 12.6. The molecule has 3 rings (SSSR count). The van der Waals surface area contributed by atoms with Crippen molar-refractivity contribution in [2.45, 2.75) is 51.6 Å². The van der Waals surface area contributed by atoms with E-state index < -0.39 is 34.5 Å². The average molecular weight is 495 g/mol. The second-order valence-electron chi connectivity index (χ2n) is 8.82. The van der Waals surface area contributed by atoms with Crippen molar-refractivity contribution in [2.24, 2.45) is 5.92 Å². The fraction of sp³-hybridized carbons (Fsp3) is 0.565. The molecule has 1 atom stereocenters. The van der Waals surface area contributed by atoms with E-state index in [0.29, 0.717) is 30.7 Å². The number of carboxylic acids is 1. The summed E-state index contributed by atoms with van der Waals surface area (Å²) in [5.74, 6) is -1.40. The molecule has 5 N–H and O–H groups in total. The van der Waals surface area contributed by atoms with Gasteiger partial charge in [0.15, 0.2) is 5.88 Å². The van der Waals surface area contributed by atoms with Crippen LogP contribution < -0.4 is 15.4 Å². The Labute approximate surface area is 199 Å². The standard InChI is InChI=1S/C23H34N4O6S/c1-2-3-12-34(32,33)26-20(23(30)31)14-25-21(28)17-4-5-18-15-27(22(29)19(18)13-17)11-8-16-6-9-24-10-7-16/h4-5,13,15-16,20,24,26,29H,2-3,6-12,14H2,1H3,(H,25,28)(H,30,31)/t20-/m0/s1. The zero-order chi connectivity index (χ0) is 24.7. The SMILES string of the molecule is CCCCS(=O)(=O)N[C@@H](CNC(=O)c1ccc2cn(CCC3CCNCC3)c(O)c2c1)C(=O)O. The monoisotopic (exact) mass is 494 g/mol. The number of aromatic hydroxyl groups is 1. The molecule has 188 valence electrons. The van der Waals surface area contributed by atoms with Crippen molar-refractivity contribution < 1.29 is 28.2 Å². The number of amides is 1. The number of nitrogens with zero attached hydrogens (tertiary/aromatic N) is 1. The van der Waals surface area contributed by atoms with Crippen LogP contribution in [0.3, 0.4) is 0 Å². The van der Waals surface area contributed by atoms with Crippen LogP contribution in [0.4, 0.5) is 0 Å². The topological polar surface area (TPSA) is 150 Å². The Bertz CT molecular complexity index is 1110. The number of fused-ring (bicyclic) bond motifs is 1. The molecule has 1 aliphatic rings. The van der Waals surface area contributed by atoms with E-state index in [0.717, 1.165) is 37.7 Å². The van der Waals surface area contributed by atoms with E-state index in [-0.39, 0.29) is 17.2 Å². The van der Waals surface area contributed by atoms with Gasteiger partial charge < -0.3 is 25.4 Å². The molecule has 0 spiro atoms. The van der Waals surface area contributed by atoms with Crippen molar-refractivity contribution >= 4 is 32.7 Å². The molecule has 2 heterocycles. The molecule has 1 aromatic heterocycles. The van der Waals surface area contributed by atoms with Crippen LogP contribution in [0.1, 0.15) is 49.4 Å². The molecule has 1 amide bonds. The van der Waals surface area contributed by atoms with Gasteiger partial charge in [-0.15, -0.1) is 0 Å². The van der Waals surface area contributed by atoms with Crippen molar-refractivity contribution in [3.8, 4) is 5.88 Å². The zero-order valence-electron chi connectivity index (χ0n) is 19.4. The summed E-state index contributed by atoms with van der Waals surface area (Å²) in [6, 6.07) is 3.41. The lowest BCUT2D eigenvalue weighted by atomic mass is 9.95. The lowest BCUT2D eigenvalue weighted by Crippen LogP contribution is -2.48. The van der Waals surface area contributed by atoms with E-state index in [9.17, 15) is 28.2 Å². The fourth-order valence-electron chi connectivity index (χ4n) is 4.14. The van der Waals surface area contributed by atoms with E-state index in [4.69, 9.17) is 0 Å². The highest BCUT2D eigenvalue weighted by Gasteiger charge is 2.24. The fourth-order valence-corrected chi connectivity index (χ4v) is 5.54. The smallest absolute Gasteiger partial charge is 0.323 e. The first-order valence-corrected chi connectivity index (χ1v) is 13.4. The summed E-state index contributed by atoms with van der Waals surface area (Å²) in [6.07, 6.45) is 6.14. The Hall–Kier alpha value is -2.63. The largest absolute Gasteiger partial charge is 0.494 e. The molecule has 1 aliphatic heterocycles. The van der Waals surface area contributed by atoms with Gasteiger partial charge in [0.05, 0.1) is 5.75 Å². The molecule has 1 aromatic carbocycles. The summed E-state index contributed by atoms with van der Waals surface area (Å²) >= 11 is 0. The number of sulfonamides is 1. The number of carboxylic acid groups (broad SMARTS) is 1. The van der Waals surface area contributed by atoms with Crippen LogP contribution >= 0.6 is 0 Å². The first-order valence-electron chi connectivity index (χ1n) is 11.7. The van der Waals surface area contributed by atoms with Gasteiger partial charge in [-0.25, -0.2) is 8.42 Å². The molecule has 0 radical (unpaired) electrons. The average Bonchev–Trinajstić information content (AvgIpc) is 3.14. The zero-order valence-corrected chi connectivity index (χ0v) is 20.2. The Kier molecular flexibility index (Phi) is 8.92. The van der Waals surface area contributed by atoms with E-state index in [1.54, 1.807) is 22.8 Å². The van der Waals surface area contributed by atoms with Crippen molar-refractivity contribution in [3.63, 3.8) is 0 Å². The van der Waals surface area contributed by atoms with Crippen LogP contribution in [0.5, 0.6) is 5.88 Å². The summed E-state index contributed by atoms with van der Waals surface area (Å²) in [4.78, 5) is 24.1. The number of aromatic nitrogens is 1. The molecule has 1 fully saturated rings. The molecular weight excluding hydrogens is 460 g/mol. The maximum Gasteiger partial charge on any atom is 0.323 e. The predicted molar refractivity (Wildman–Crippen MR) is 129 cm³/mol. The van der Waals surface area contributed by atoms with Crippen molar-refractivity contribution in [3.05, 3.63) is 30.0 Å². The van der Waals surface area contributed by atoms with Gasteiger partial charge in [-0.3, -0.25) is 9.59 Å². The first-order chi connectivity index (χ1) is 16.2. The second-order valence-corrected chi connectivity index (χ2v) is 10.7. The van der Waals surface area contributed by atoms with Gasteiger partial charge in [-0.05, 0) is 56.8 Å². The Balaban J connectivity index is 1.64. The molecule has 11 heteroatoms. The Morgan fingerprint density at radius 3 is 2.68 bits per heavy atom. The summed E-state index contributed by atoms with van der Waals surface area (Å²) < 4.78 is 28.0. The van der Waals surface area contributed by atoms with Crippen molar-refractivity contribution in [1.82, 2.24) is 19.9 Å². The lowest BCUT2D eigenvalue weighted by Gasteiger charge is -2.22. The number of aliphatic carboxylic acids is 1. The lowest BCUT2D eigenvalue weighted by molar-refractivity contribution is -0.138. The third kappa shape index (κ3) is 6.94. The van der Waals surface area contributed by atoms with Crippen molar-refractivity contribution in [2.75, 3.05) is 25.4 Å². The minimum absolute atomic E-state index is 0.0886. The molecule has 0 saturated carbocycles. The van der Waals surface area contributed by atoms with E-state index in [1.807, 2.05) is 13.1 Å². The quantitative estimate of drug-likeness (QED) is 0.301. The van der Waals surface area contributed by atoms with Gasteiger partial charge in [0.25, 0.3) is 5.91 Å². The minimum atomic E-state index is -3.77. The van der Waals surface area contributed by atoms with Gasteiger partial charge >= 0.3 is 5.97 Å². The Morgan fingerprint density at radius 1 is 1.26 bits per heavy atom. The van der Waals surface area contributed by atoms with Crippen molar-refractivity contribution in [1.29, 1.82) is 0 Å². The summed E-state index contributed by atoms with van der Waals surface area (Å²) in [7, 11) is -3.77. The van der Waals surface area contributed by atoms with Gasteiger partial charge in [-0.2, -0.15) is 4.72 Å². The number of hydrogen-bond donors (Lipinski definition) is 5. The van der Waals surface area contributed by atoms with E-state index >= 15 is 0 Å². The third-order valence-electron chi connectivity index (χ3n) is 6.21. The number of aryl methyl sites for hydroxylation is 1. The summed E-state index contributed by atoms with van der Waals surface area (Å²) in [5.41, 5.74) is 0.247. The molecule has 34 heavy (non-hydrogen) atoms. The summed E-state index contributed by atoms with van der Waals surface area (Å²) in [5, 5.41) is 27.2. The number of unbranched alkanes of at least 4 members (excludes halogenated alkanes) is 1. The number of carbonyl (C=O) groups excluding carboxylic acids is 1. The number of benzene rings is 1. The Morgan fingerprint density at radius 2 is 2.00 bits per heavy atom. The number of piperidine rings is 1. The van der Waals surface area contributed by atoms with Gasteiger partial charge in [0.1, 0.15) is 6.04 Å².